The third-order valence-electron chi connectivity index (χ3n) is 2.72. The van der Waals surface area contributed by atoms with Crippen LogP contribution in [0.3, 0.4) is 0 Å². The second-order valence-electron chi connectivity index (χ2n) is 3.86. The molecule has 0 saturated carbocycles. The van der Waals surface area contributed by atoms with Crippen molar-refractivity contribution in [3.8, 4) is 11.1 Å². The first-order valence-corrected chi connectivity index (χ1v) is 5.66. The molecular weight excluding hydrogens is 219 g/mol. The number of hydrogen-bond donors (Lipinski definition) is 1. The summed E-state index contributed by atoms with van der Waals surface area (Å²) in [4.78, 5) is 0. The molecule has 1 heterocycles. The number of benzene rings is 1. The lowest BCUT2D eigenvalue weighted by Crippen LogP contribution is -1.95. The van der Waals surface area contributed by atoms with Crippen LogP contribution in [-0.4, -0.2) is 21.5 Å². The Hall–Kier alpha value is -1.68. The summed E-state index contributed by atoms with van der Waals surface area (Å²) in [5, 5.41) is 12.9. The number of aryl methyl sites for hydroxylation is 1. The van der Waals surface area contributed by atoms with Crippen LogP contribution in [0.4, 0.5) is 4.39 Å². The number of aliphatic hydroxyl groups excluding tert-OH is 1. The minimum absolute atomic E-state index is 0.0377. The molecule has 0 saturated heterocycles. The number of halogens is 1. The number of hydrogen-bond acceptors (Lipinski definition) is 2. The summed E-state index contributed by atoms with van der Waals surface area (Å²) in [5.74, 6) is -0.277. The lowest BCUT2D eigenvalue weighted by molar-refractivity contribution is 0.297. The Morgan fingerprint density at radius 3 is 2.76 bits per heavy atom. The van der Waals surface area contributed by atoms with Crippen LogP contribution in [0.25, 0.3) is 11.1 Å². The van der Waals surface area contributed by atoms with Crippen LogP contribution < -0.4 is 0 Å². The van der Waals surface area contributed by atoms with Crippen molar-refractivity contribution >= 4 is 0 Å². The van der Waals surface area contributed by atoms with Gasteiger partial charge in [0.15, 0.2) is 0 Å². The molecule has 0 radical (unpaired) electrons. The van der Waals surface area contributed by atoms with Gasteiger partial charge in [-0.25, -0.2) is 4.39 Å². The molecule has 0 unspecified atom stereocenters. The summed E-state index contributed by atoms with van der Waals surface area (Å²) < 4.78 is 15.5. The van der Waals surface area contributed by atoms with E-state index in [4.69, 9.17) is 5.11 Å². The van der Waals surface area contributed by atoms with E-state index in [-0.39, 0.29) is 12.4 Å². The number of aliphatic hydroxyl groups is 1. The third-order valence-corrected chi connectivity index (χ3v) is 2.72. The Morgan fingerprint density at radius 1 is 1.35 bits per heavy atom. The second kappa shape index (κ2) is 5.10. The van der Waals surface area contributed by atoms with E-state index >= 15 is 0 Å². The smallest absolute Gasteiger partial charge is 0.127 e. The largest absolute Gasteiger partial charge is 0.396 e. The van der Waals surface area contributed by atoms with Crippen molar-refractivity contribution in [1.29, 1.82) is 0 Å². The fourth-order valence-corrected chi connectivity index (χ4v) is 1.74. The van der Waals surface area contributed by atoms with Gasteiger partial charge in [0.05, 0.1) is 6.20 Å². The maximum absolute atomic E-state index is 13.7. The van der Waals surface area contributed by atoms with Gasteiger partial charge in [-0.3, -0.25) is 4.68 Å². The van der Waals surface area contributed by atoms with Crippen LogP contribution in [0.2, 0.25) is 0 Å². The highest BCUT2D eigenvalue weighted by Crippen LogP contribution is 2.21. The third kappa shape index (κ3) is 2.53. The predicted molar refractivity (Wildman–Crippen MR) is 64.1 cm³/mol. The molecule has 1 aromatic carbocycles. The molecule has 0 fully saturated rings. The van der Waals surface area contributed by atoms with E-state index < -0.39 is 0 Å². The van der Waals surface area contributed by atoms with E-state index in [0.717, 1.165) is 17.7 Å². The molecular formula is C13H15FN2O. The van der Waals surface area contributed by atoms with Gasteiger partial charge in [0, 0.05) is 24.9 Å². The van der Waals surface area contributed by atoms with E-state index in [1.165, 1.54) is 6.07 Å². The van der Waals surface area contributed by atoms with E-state index in [9.17, 15) is 4.39 Å². The average molecular weight is 234 g/mol. The van der Waals surface area contributed by atoms with Gasteiger partial charge in [-0.2, -0.15) is 5.10 Å². The van der Waals surface area contributed by atoms with Crippen molar-refractivity contribution in [1.82, 2.24) is 9.78 Å². The van der Waals surface area contributed by atoms with Gasteiger partial charge in [0.25, 0.3) is 0 Å². The first-order valence-electron chi connectivity index (χ1n) is 5.66. The summed E-state index contributed by atoms with van der Waals surface area (Å²) in [6.07, 6.45) is 3.96. The van der Waals surface area contributed by atoms with Gasteiger partial charge in [-0.15, -0.1) is 0 Å². The van der Waals surface area contributed by atoms with Crippen molar-refractivity contribution in [2.24, 2.45) is 0 Å². The highest BCUT2D eigenvalue weighted by molar-refractivity contribution is 5.62. The molecule has 0 bridgehead atoms. The fraction of sp³-hybridized carbons (Fsp3) is 0.308. The van der Waals surface area contributed by atoms with Crippen LogP contribution >= 0.6 is 0 Å². The molecule has 0 aliphatic heterocycles. The number of nitrogens with zero attached hydrogens (tertiary/aromatic N) is 2. The van der Waals surface area contributed by atoms with Gasteiger partial charge in [0.2, 0.25) is 0 Å². The highest BCUT2D eigenvalue weighted by Gasteiger charge is 2.06. The van der Waals surface area contributed by atoms with E-state index in [2.05, 4.69) is 5.10 Å². The zero-order valence-electron chi connectivity index (χ0n) is 9.73. The first-order chi connectivity index (χ1) is 8.24. The Balaban J connectivity index is 2.30. The normalized spacial score (nSPS) is 10.8. The number of rotatable bonds is 4. The van der Waals surface area contributed by atoms with Gasteiger partial charge in [-0.1, -0.05) is 12.1 Å². The molecule has 3 nitrogen and oxygen atoms in total. The maximum atomic E-state index is 13.7. The maximum Gasteiger partial charge on any atom is 0.127 e. The van der Waals surface area contributed by atoms with Gasteiger partial charge < -0.3 is 5.11 Å². The lowest BCUT2D eigenvalue weighted by atomic mass is 10.1. The Bertz CT molecular complexity index is 508. The SMILES string of the molecule is CCn1cc(-c2ccc(CCO)c(F)c2)cn1. The molecule has 2 aromatic rings. The van der Waals surface area contributed by atoms with Crippen molar-refractivity contribution < 1.29 is 9.50 Å². The van der Waals surface area contributed by atoms with E-state index in [1.807, 2.05) is 19.2 Å². The summed E-state index contributed by atoms with van der Waals surface area (Å²) in [7, 11) is 0. The Morgan fingerprint density at radius 2 is 2.18 bits per heavy atom. The van der Waals surface area contributed by atoms with Gasteiger partial charge in [0.1, 0.15) is 5.82 Å². The van der Waals surface area contributed by atoms with Crippen molar-refractivity contribution in [2.75, 3.05) is 6.61 Å². The van der Waals surface area contributed by atoms with E-state index in [0.29, 0.717) is 12.0 Å². The van der Waals surface area contributed by atoms with Crippen molar-refractivity contribution in [3.63, 3.8) is 0 Å². The molecule has 0 spiro atoms. The van der Waals surface area contributed by atoms with Crippen LogP contribution in [0.5, 0.6) is 0 Å². The van der Waals surface area contributed by atoms with Crippen LogP contribution in [0, 0.1) is 5.82 Å². The minimum atomic E-state index is -0.277. The van der Waals surface area contributed by atoms with Crippen molar-refractivity contribution in [3.05, 3.63) is 42.0 Å². The highest BCUT2D eigenvalue weighted by atomic mass is 19.1. The second-order valence-corrected chi connectivity index (χ2v) is 3.86. The predicted octanol–water partition coefficient (Wildman–Crippen LogP) is 2.24. The summed E-state index contributed by atoms with van der Waals surface area (Å²) in [6.45, 7) is 2.76. The molecule has 0 amide bonds. The average Bonchev–Trinajstić information content (AvgIpc) is 2.80. The van der Waals surface area contributed by atoms with Gasteiger partial charge >= 0.3 is 0 Å². The van der Waals surface area contributed by atoms with Gasteiger partial charge in [-0.05, 0) is 30.5 Å². The molecule has 0 aliphatic rings. The molecule has 2 rings (SSSR count). The topological polar surface area (TPSA) is 38.0 Å². The number of aromatic nitrogens is 2. The lowest BCUT2D eigenvalue weighted by Gasteiger charge is -2.03. The monoisotopic (exact) mass is 234 g/mol. The molecule has 1 N–H and O–H groups in total. The van der Waals surface area contributed by atoms with E-state index in [1.54, 1.807) is 16.9 Å². The molecule has 0 atom stereocenters. The zero-order chi connectivity index (χ0) is 12.3. The summed E-state index contributed by atoms with van der Waals surface area (Å²) in [5.41, 5.74) is 2.25. The Kier molecular flexibility index (Phi) is 3.54. The standard InChI is InChI=1S/C13H15FN2O/c1-2-16-9-12(8-15-16)11-4-3-10(5-6-17)13(14)7-11/h3-4,7-9,17H,2,5-6H2,1H3. The molecule has 90 valence electrons. The zero-order valence-corrected chi connectivity index (χ0v) is 9.73. The first kappa shape index (κ1) is 11.8. The molecule has 17 heavy (non-hydrogen) atoms. The molecule has 4 heteroatoms. The van der Waals surface area contributed by atoms with Crippen LogP contribution in [0.1, 0.15) is 12.5 Å². The fourth-order valence-electron chi connectivity index (χ4n) is 1.74. The summed E-state index contributed by atoms with van der Waals surface area (Å²) >= 11 is 0. The van der Waals surface area contributed by atoms with Crippen LogP contribution in [0.15, 0.2) is 30.6 Å². The molecule has 0 aliphatic carbocycles. The summed E-state index contributed by atoms with van der Waals surface area (Å²) in [6, 6.07) is 5.05. The quantitative estimate of drug-likeness (QED) is 0.881. The minimum Gasteiger partial charge on any atom is -0.396 e. The van der Waals surface area contributed by atoms with Crippen molar-refractivity contribution in [2.45, 2.75) is 19.9 Å². The Labute approximate surface area is 99.5 Å². The molecule has 1 aromatic heterocycles. The van der Waals surface area contributed by atoms with Crippen LogP contribution in [-0.2, 0) is 13.0 Å².